The lowest BCUT2D eigenvalue weighted by molar-refractivity contribution is -0.00526. The molecule has 0 unspecified atom stereocenters. The molecule has 0 saturated heterocycles. The third-order valence-corrected chi connectivity index (χ3v) is 21.8. The number of anilines is 2. The summed E-state index contributed by atoms with van der Waals surface area (Å²) in [4.78, 5) is 2.90. The number of nitrogens with zero attached hydrogens (tertiary/aromatic N) is 2. The molecular weight excluding hydrogens is 844 g/mol. The maximum atomic E-state index is 2.90. The molecule has 8 aromatic carbocycles. The van der Waals surface area contributed by atoms with Gasteiger partial charge in [-0.25, -0.2) is 0 Å². The lowest BCUT2D eigenvalue weighted by atomic mass is 9.41. The lowest BCUT2D eigenvalue weighted by Gasteiger charge is -2.57. The molecule has 0 atom stereocenters. The van der Waals surface area contributed by atoms with E-state index in [0.29, 0.717) is 5.41 Å². The van der Waals surface area contributed by atoms with Crippen LogP contribution in [0.2, 0.25) is 0 Å². The van der Waals surface area contributed by atoms with E-state index in [-0.39, 0.29) is 12.3 Å². The average molecular weight is 899 g/mol. The number of aromatic nitrogens is 1. The Balaban J connectivity index is 0.958. The number of para-hydroxylation sites is 2. The van der Waals surface area contributed by atoms with E-state index in [0.717, 1.165) is 35.5 Å². The standard InChI is InChI=1S/C67H55BN2/c1-2-11-47-44(10-1)28-60-62-61(47)50-14-9-18-56-63(50)70(59-19-8-7-17-55(59)67(56)53-15-5-3-12-48(53)49-13-4-6-16-54(49)67)68(62)57-31-46(66-35-41-25-42(36-66)27-43(26-41)37-66)30-52-51-29-45(20-21-58(51)69(60)64(52)57)65-32-38-22-39(33-65)24-40(23-38)34-65/h1-21,28-31,38-43H,22-27,32-37H2. The molecule has 3 aliphatic heterocycles. The molecular formula is C67H55BN2. The van der Waals surface area contributed by atoms with Gasteiger partial charge < -0.3 is 9.38 Å². The molecule has 8 fully saturated rings. The van der Waals surface area contributed by atoms with Gasteiger partial charge in [-0.3, -0.25) is 0 Å². The molecule has 0 radical (unpaired) electrons. The van der Waals surface area contributed by atoms with Crippen molar-refractivity contribution in [1.82, 2.24) is 4.57 Å². The van der Waals surface area contributed by atoms with Crippen LogP contribution in [0.1, 0.15) is 110 Å². The predicted molar refractivity (Wildman–Crippen MR) is 288 cm³/mol. The molecule has 8 saturated carbocycles. The van der Waals surface area contributed by atoms with Gasteiger partial charge >= 0.3 is 6.85 Å². The minimum atomic E-state index is -0.454. The highest BCUT2D eigenvalue weighted by Gasteiger charge is 2.58. The monoisotopic (exact) mass is 898 g/mol. The zero-order valence-electron chi connectivity index (χ0n) is 39.9. The van der Waals surface area contributed by atoms with E-state index in [1.807, 2.05) is 0 Å². The number of benzene rings is 8. The predicted octanol–water partition coefficient (Wildman–Crippen LogP) is 14.8. The Hall–Kier alpha value is -6.32. The Kier molecular flexibility index (Phi) is 6.64. The van der Waals surface area contributed by atoms with E-state index in [1.165, 1.54) is 182 Å². The molecule has 1 aromatic heterocycles. The SMILES string of the molecule is c1ccc2c(c1)-c1ccccc1C21c2ccccc2N2B3c4c(cc5ccccc5c4-c4cccc1c42)-n1c2ccc(C45CC6CC(CC(C6)C4)C5)cc2c2cc(C45CC6CC(CC(C6)C4)C5)cc3c21. The first-order valence-corrected chi connectivity index (χ1v) is 27.4. The van der Waals surface area contributed by atoms with Crippen molar-refractivity contribution in [3.8, 4) is 27.9 Å². The van der Waals surface area contributed by atoms with Crippen molar-refractivity contribution in [2.75, 3.05) is 4.81 Å². The maximum absolute atomic E-state index is 2.90. The molecule has 70 heavy (non-hydrogen) atoms. The van der Waals surface area contributed by atoms with E-state index in [4.69, 9.17) is 0 Å². The van der Waals surface area contributed by atoms with E-state index >= 15 is 0 Å². The van der Waals surface area contributed by atoms with Crippen LogP contribution in [0.25, 0.3) is 60.5 Å². The Morgan fingerprint density at radius 2 is 0.986 bits per heavy atom. The van der Waals surface area contributed by atoms with Crippen molar-refractivity contribution in [3.63, 3.8) is 0 Å². The van der Waals surface area contributed by atoms with Crippen LogP contribution in [0.5, 0.6) is 0 Å². The van der Waals surface area contributed by atoms with Gasteiger partial charge in [-0.05, 0) is 225 Å². The summed E-state index contributed by atoms with van der Waals surface area (Å²) in [6.07, 6.45) is 17.2. The van der Waals surface area contributed by atoms with Crippen molar-refractivity contribution < 1.29 is 0 Å². The van der Waals surface area contributed by atoms with Crippen molar-refractivity contribution in [3.05, 3.63) is 185 Å². The van der Waals surface area contributed by atoms with Crippen LogP contribution in [0.3, 0.4) is 0 Å². The first-order chi connectivity index (χ1) is 34.5. The molecule has 4 heterocycles. The Labute approximate surface area is 410 Å². The van der Waals surface area contributed by atoms with Gasteiger partial charge in [0.15, 0.2) is 0 Å². The van der Waals surface area contributed by atoms with E-state index in [2.05, 4.69) is 161 Å². The summed E-state index contributed by atoms with van der Waals surface area (Å²) in [5.74, 6) is 5.41. The molecule has 0 amide bonds. The molecule has 1 spiro atoms. The summed E-state index contributed by atoms with van der Waals surface area (Å²) in [6, 6.07) is 61.4. The molecule has 9 aliphatic carbocycles. The molecule has 9 aromatic rings. The molecule has 21 rings (SSSR count). The van der Waals surface area contributed by atoms with Gasteiger partial charge in [0.05, 0.1) is 16.4 Å². The number of hydrogen-bond donors (Lipinski definition) is 0. The molecule has 0 N–H and O–H groups in total. The van der Waals surface area contributed by atoms with Gasteiger partial charge in [0.2, 0.25) is 0 Å². The summed E-state index contributed by atoms with van der Waals surface area (Å²) < 4.78 is 2.80. The van der Waals surface area contributed by atoms with Gasteiger partial charge in [0, 0.05) is 33.4 Å². The Bertz CT molecular complexity index is 3790. The average Bonchev–Trinajstić information content (AvgIpc) is 3.87. The summed E-state index contributed by atoms with van der Waals surface area (Å²) in [5, 5.41) is 5.73. The van der Waals surface area contributed by atoms with Gasteiger partial charge in [0.1, 0.15) is 0 Å². The molecule has 12 aliphatic rings. The number of rotatable bonds is 2. The van der Waals surface area contributed by atoms with Crippen molar-refractivity contribution in [2.45, 2.75) is 93.3 Å². The molecule has 336 valence electrons. The first kappa shape index (κ1) is 37.5. The second kappa shape index (κ2) is 12.4. The third kappa shape index (κ3) is 4.27. The van der Waals surface area contributed by atoms with Crippen LogP contribution in [0.15, 0.2) is 152 Å². The minimum Gasteiger partial charge on any atom is -0.376 e. The molecule has 3 heteroatoms. The zero-order valence-corrected chi connectivity index (χ0v) is 39.9. The maximum Gasteiger partial charge on any atom is 0.333 e. The summed E-state index contributed by atoms with van der Waals surface area (Å²) in [6.45, 7) is 0.00412. The summed E-state index contributed by atoms with van der Waals surface area (Å²) in [7, 11) is 0. The Morgan fingerprint density at radius 3 is 1.67 bits per heavy atom. The molecule has 8 bridgehead atoms. The number of hydrogen-bond acceptors (Lipinski definition) is 1. The van der Waals surface area contributed by atoms with Crippen LogP contribution in [0.4, 0.5) is 11.4 Å². The van der Waals surface area contributed by atoms with Gasteiger partial charge in [-0.15, -0.1) is 0 Å². The fourth-order valence-electron chi connectivity index (χ4n) is 20.4. The zero-order chi connectivity index (χ0) is 45.0. The fourth-order valence-corrected chi connectivity index (χ4v) is 20.4. The van der Waals surface area contributed by atoms with Crippen LogP contribution < -0.4 is 15.7 Å². The van der Waals surface area contributed by atoms with E-state index in [1.54, 1.807) is 11.1 Å². The third-order valence-electron chi connectivity index (χ3n) is 21.8. The largest absolute Gasteiger partial charge is 0.376 e. The van der Waals surface area contributed by atoms with Crippen LogP contribution in [-0.4, -0.2) is 11.4 Å². The summed E-state index contributed by atoms with van der Waals surface area (Å²) >= 11 is 0. The highest BCUT2D eigenvalue weighted by Crippen LogP contribution is 2.66. The van der Waals surface area contributed by atoms with Crippen molar-refractivity contribution in [1.29, 1.82) is 0 Å². The van der Waals surface area contributed by atoms with Crippen LogP contribution >= 0.6 is 0 Å². The highest BCUT2D eigenvalue weighted by molar-refractivity contribution is 6.94. The van der Waals surface area contributed by atoms with Gasteiger partial charge in [0.25, 0.3) is 0 Å². The first-order valence-electron chi connectivity index (χ1n) is 27.4. The fraction of sp³-hybridized carbons (Fsp3) is 0.313. The minimum absolute atomic E-state index is 0.00412. The quantitative estimate of drug-likeness (QED) is 0.157. The smallest absolute Gasteiger partial charge is 0.333 e. The van der Waals surface area contributed by atoms with Crippen LogP contribution in [-0.2, 0) is 16.2 Å². The van der Waals surface area contributed by atoms with E-state index in [9.17, 15) is 0 Å². The highest BCUT2D eigenvalue weighted by atomic mass is 15.1. The second-order valence-corrected chi connectivity index (χ2v) is 25.2. The summed E-state index contributed by atoms with van der Waals surface area (Å²) in [5.41, 5.74) is 24.6. The Morgan fingerprint density at radius 1 is 0.429 bits per heavy atom. The normalized spacial score (nSPS) is 29.8. The van der Waals surface area contributed by atoms with Crippen molar-refractivity contribution in [2.24, 2.45) is 35.5 Å². The second-order valence-electron chi connectivity index (χ2n) is 25.2. The van der Waals surface area contributed by atoms with Crippen molar-refractivity contribution >= 4 is 61.7 Å². The lowest BCUT2D eigenvalue weighted by Crippen LogP contribution is -2.62. The topological polar surface area (TPSA) is 8.17 Å². The van der Waals surface area contributed by atoms with Crippen LogP contribution in [0, 0.1) is 35.5 Å². The number of fused-ring (bicyclic) bond motifs is 18. The molecule has 2 nitrogen and oxygen atoms in total. The van der Waals surface area contributed by atoms with Gasteiger partial charge in [-0.2, -0.15) is 0 Å². The van der Waals surface area contributed by atoms with Gasteiger partial charge in [-0.1, -0.05) is 121 Å². The van der Waals surface area contributed by atoms with E-state index < -0.39 is 5.41 Å².